The fourth-order valence-electron chi connectivity index (χ4n) is 5.50. The summed E-state index contributed by atoms with van der Waals surface area (Å²) in [5.74, 6) is -0.803. The highest BCUT2D eigenvalue weighted by Crippen LogP contribution is 2.38. The number of imide groups is 1. The smallest absolute Gasteiger partial charge is 0.259 e. The molecule has 1 N–H and O–H groups in total. The molecule has 4 bridgehead atoms. The van der Waals surface area contributed by atoms with Gasteiger partial charge in [-0.3, -0.25) is 14.9 Å². The molecule has 2 aliphatic rings. The maximum Gasteiger partial charge on any atom is 0.259 e. The van der Waals surface area contributed by atoms with E-state index in [-0.39, 0.29) is 0 Å². The lowest BCUT2D eigenvalue weighted by atomic mass is 9.96. The second kappa shape index (κ2) is 11.9. The number of aromatic nitrogens is 4. The van der Waals surface area contributed by atoms with Gasteiger partial charge in [0.1, 0.15) is 11.3 Å². The minimum atomic E-state index is -0.402. The van der Waals surface area contributed by atoms with E-state index in [1.807, 2.05) is 36.7 Å². The molecule has 0 fully saturated rings. The molecule has 0 atom stereocenters. The Kier molecular flexibility index (Phi) is 7.93. The molecule has 214 valence electrons. The third-order valence-electron chi connectivity index (χ3n) is 7.79. The highest BCUT2D eigenvalue weighted by molar-refractivity contribution is 6.50. The second-order valence-electron chi connectivity index (χ2n) is 10.6. The summed E-state index contributed by atoms with van der Waals surface area (Å²) in [5.41, 5.74) is 3.68. The third-order valence-corrected chi connectivity index (χ3v) is 7.79. The topological polar surface area (TPSA) is 107 Å². The fraction of sp³-hybridized carbons (Fsp3) is 0.400. The standard InChI is InChI=1S/C30H35N7O4/c1-34-9-11-36-19-23(21-5-3-7-31-27(21)36)25-26(30(39)33-29(25)38)24-20-37(28-22(24)6-4-8-32-28)12-10-35(2)14-16-41-18-17-40-15-13-34/h3-8,19-20H,9-18H2,1-2H3,(H,33,38,39). The first-order chi connectivity index (χ1) is 20.0. The van der Waals surface area contributed by atoms with E-state index in [0.29, 0.717) is 61.8 Å². The van der Waals surface area contributed by atoms with Crippen molar-refractivity contribution in [3.8, 4) is 0 Å². The summed E-state index contributed by atoms with van der Waals surface area (Å²) < 4.78 is 15.7. The largest absolute Gasteiger partial charge is 0.378 e. The minimum Gasteiger partial charge on any atom is -0.378 e. The highest BCUT2D eigenvalue weighted by Gasteiger charge is 2.35. The van der Waals surface area contributed by atoms with Gasteiger partial charge in [0.25, 0.3) is 11.8 Å². The number of hydrogen-bond donors (Lipinski definition) is 1. The van der Waals surface area contributed by atoms with Crippen LogP contribution in [0.5, 0.6) is 0 Å². The van der Waals surface area contributed by atoms with Crippen LogP contribution >= 0.6 is 0 Å². The van der Waals surface area contributed by atoms with Crippen molar-refractivity contribution in [1.29, 1.82) is 0 Å². The van der Waals surface area contributed by atoms with E-state index >= 15 is 0 Å². The number of carbonyl (C=O) groups is 2. The van der Waals surface area contributed by atoms with Crippen molar-refractivity contribution in [2.24, 2.45) is 0 Å². The van der Waals surface area contributed by atoms with Gasteiger partial charge in [0.15, 0.2) is 0 Å². The van der Waals surface area contributed by atoms with Crippen molar-refractivity contribution >= 4 is 45.0 Å². The SMILES string of the molecule is CN1CCOCCOCCN(C)CCn2cc(c3cccnc32)C2=C(C(=O)NC2=O)c2cn(c3ncccc23)CC1. The Balaban J connectivity index is 1.47. The quantitative estimate of drug-likeness (QED) is 0.327. The van der Waals surface area contributed by atoms with Crippen LogP contribution < -0.4 is 5.32 Å². The highest BCUT2D eigenvalue weighted by atomic mass is 16.5. The predicted octanol–water partition coefficient (Wildman–Crippen LogP) is 1.86. The molecule has 2 amide bonds. The molecular weight excluding hydrogens is 522 g/mol. The Morgan fingerprint density at radius 1 is 0.659 bits per heavy atom. The van der Waals surface area contributed by atoms with Crippen molar-refractivity contribution < 1.29 is 19.1 Å². The summed E-state index contributed by atoms with van der Waals surface area (Å²) in [6.45, 7) is 6.80. The van der Waals surface area contributed by atoms with E-state index in [9.17, 15) is 9.59 Å². The van der Waals surface area contributed by atoms with Gasteiger partial charge in [0.05, 0.1) is 37.6 Å². The van der Waals surface area contributed by atoms with E-state index < -0.39 is 11.8 Å². The second-order valence-corrected chi connectivity index (χ2v) is 10.6. The first-order valence-corrected chi connectivity index (χ1v) is 14.0. The summed E-state index contributed by atoms with van der Waals surface area (Å²) in [7, 11) is 4.11. The van der Waals surface area contributed by atoms with Crippen molar-refractivity contribution in [1.82, 2.24) is 34.2 Å². The van der Waals surface area contributed by atoms with Crippen LogP contribution in [0.15, 0.2) is 49.1 Å². The molecule has 6 heterocycles. The van der Waals surface area contributed by atoms with Gasteiger partial charge in [-0.25, -0.2) is 9.97 Å². The monoisotopic (exact) mass is 557 g/mol. The van der Waals surface area contributed by atoms with Crippen LogP contribution in [0.25, 0.3) is 33.2 Å². The Bertz CT molecular complexity index is 1500. The zero-order chi connectivity index (χ0) is 28.3. The van der Waals surface area contributed by atoms with Crippen molar-refractivity contribution in [2.45, 2.75) is 13.1 Å². The number of nitrogens with one attached hydrogen (secondary N) is 1. The average molecular weight is 558 g/mol. The molecule has 0 aliphatic carbocycles. The molecular formula is C30H35N7O4. The van der Waals surface area contributed by atoms with Crippen LogP contribution in [-0.4, -0.2) is 107 Å². The molecule has 2 aliphatic heterocycles. The molecule has 0 unspecified atom stereocenters. The molecule has 4 aromatic rings. The van der Waals surface area contributed by atoms with Gasteiger partial charge in [0.2, 0.25) is 0 Å². The molecule has 11 nitrogen and oxygen atoms in total. The first-order valence-electron chi connectivity index (χ1n) is 14.0. The zero-order valence-corrected chi connectivity index (χ0v) is 23.5. The number of likely N-dealkylation sites (N-methyl/N-ethyl adjacent to an activating group) is 2. The molecule has 6 rings (SSSR count). The molecule has 0 aromatic carbocycles. The molecule has 0 radical (unpaired) electrons. The molecule has 0 saturated carbocycles. The number of amides is 2. The van der Waals surface area contributed by atoms with Gasteiger partial charge in [-0.2, -0.15) is 0 Å². The molecule has 0 saturated heterocycles. The van der Waals surface area contributed by atoms with Crippen LogP contribution in [0.1, 0.15) is 11.1 Å². The summed E-state index contributed by atoms with van der Waals surface area (Å²) in [4.78, 5) is 40.5. The van der Waals surface area contributed by atoms with E-state index in [0.717, 1.165) is 48.2 Å². The number of carbonyl (C=O) groups excluding carboxylic acids is 2. The van der Waals surface area contributed by atoms with Crippen LogP contribution in [0.4, 0.5) is 0 Å². The maximum absolute atomic E-state index is 13.4. The van der Waals surface area contributed by atoms with Crippen molar-refractivity contribution in [2.75, 3.05) is 66.7 Å². The zero-order valence-electron chi connectivity index (χ0n) is 23.5. The number of fused-ring (bicyclic) bond motifs is 12. The average Bonchev–Trinajstić information content (AvgIpc) is 3.61. The van der Waals surface area contributed by atoms with Crippen molar-refractivity contribution in [3.63, 3.8) is 0 Å². The van der Waals surface area contributed by atoms with E-state index in [1.165, 1.54) is 0 Å². The number of hydrogen-bond acceptors (Lipinski definition) is 8. The number of nitrogens with zero attached hydrogens (tertiary/aromatic N) is 6. The third kappa shape index (κ3) is 5.53. The number of pyridine rings is 2. The van der Waals surface area contributed by atoms with Crippen LogP contribution in [-0.2, 0) is 32.2 Å². The lowest BCUT2D eigenvalue weighted by Gasteiger charge is -2.18. The lowest BCUT2D eigenvalue weighted by molar-refractivity contribution is -0.122. The molecule has 0 spiro atoms. The van der Waals surface area contributed by atoms with Gasteiger partial charge < -0.3 is 28.4 Å². The van der Waals surface area contributed by atoms with E-state index in [1.54, 1.807) is 12.4 Å². The van der Waals surface area contributed by atoms with Gasteiger partial charge >= 0.3 is 0 Å². The maximum atomic E-state index is 13.4. The van der Waals surface area contributed by atoms with Crippen molar-refractivity contribution in [3.05, 3.63) is 60.2 Å². The summed E-state index contributed by atoms with van der Waals surface area (Å²) in [5, 5.41) is 4.22. The number of ether oxygens (including phenoxy) is 2. The Hall–Kier alpha value is -3.90. The summed E-state index contributed by atoms with van der Waals surface area (Å²) in [6, 6.07) is 7.63. The van der Waals surface area contributed by atoms with E-state index in [4.69, 9.17) is 9.47 Å². The summed E-state index contributed by atoms with van der Waals surface area (Å²) in [6.07, 6.45) is 7.40. The Labute approximate surface area is 238 Å². The van der Waals surface area contributed by atoms with Gasteiger partial charge in [-0.15, -0.1) is 0 Å². The summed E-state index contributed by atoms with van der Waals surface area (Å²) >= 11 is 0. The Morgan fingerprint density at radius 3 is 1.59 bits per heavy atom. The van der Waals surface area contributed by atoms with Crippen LogP contribution in [0.3, 0.4) is 0 Å². The first kappa shape index (κ1) is 27.3. The number of rotatable bonds is 0. The fourth-order valence-corrected chi connectivity index (χ4v) is 5.50. The van der Waals surface area contributed by atoms with Crippen LogP contribution in [0, 0.1) is 0 Å². The van der Waals surface area contributed by atoms with Gasteiger partial charge in [0, 0.05) is 86.0 Å². The van der Waals surface area contributed by atoms with Gasteiger partial charge in [-0.1, -0.05) is 0 Å². The minimum absolute atomic E-state index is 0.368. The Morgan fingerprint density at radius 2 is 1.12 bits per heavy atom. The lowest BCUT2D eigenvalue weighted by Crippen LogP contribution is -2.28. The molecule has 4 aromatic heterocycles. The molecule has 11 heteroatoms. The van der Waals surface area contributed by atoms with Crippen LogP contribution in [0.2, 0.25) is 0 Å². The normalized spacial score (nSPS) is 19.3. The predicted molar refractivity (Wildman–Crippen MR) is 156 cm³/mol. The van der Waals surface area contributed by atoms with E-state index in [2.05, 4.69) is 48.3 Å². The van der Waals surface area contributed by atoms with Gasteiger partial charge in [-0.05, 0) is 38.4 Å². The molecule has 41 heavy (non-hydrogen) atoms.